The van der Waals surface area contributed by atoms with Crippen molar-refractivity contribution in [1.82, 2.24) is 9.88 Å². The van der Waals surface area contributed by atoms with Gasteiger partial charge in [-0.2, -0.15) is 0 Å². The van der Waals surface area contributed by atoms with E-state index in [4.69, 9.17) is 4.74 Å². The van der Waals surface area contributed by atoms with Crippen LogP contribution in [0.5, 0.6) is 0 Å². The van der Waals surface area contributed by atoms with Crippen LogP contribution in [0, 0.1) is 0 Å². The average Bonchev–Trinajstić information content (AvgIpc) is 2.66. The second-order valence-electron chi connectivity index (χ2n) is 4.23. The normalized spacial score (nSPS) is 21.8. The molecule has 84 valence electrons. The van der Waals surface area contributed by atoms with E-state index < -0.39 is 0 Å². The molecule has 1 saturated heterocycles. The van der Waals surface area contributed by atoms with Crippen LogP contribution in [-0.2, 0) is 18.3 Å². The van der Waals surface area contributed by atoms with Gasteiger partial charge in [-0.15, -0.1) is 0 Å². The number of hydrogen-bond acceptors (Lipinski definition) is 2. The molecule has 3 nitrogen and oxygen atoms in total. The monoisotopic (exact) mass is 208 g/mol. The van der Waals surface area contributed by atoms with Gasteiger partial charge in [0.1, 0.15) is 0 Å². The Bertz CT molecular complexity index is 290. The van der Waals surface area contributed by atoms with E-state index >= 15 is 0 Å². The standard InChI is InChI=1S/C12H20N2O/c1-14-7-4-5-11(14)9-13-10-12-6-2-3-8-15-12/h4-5,7,12-13H,2-3,6,8-10H2,1H3. The second kappa shape index (κ2) is 5.33. The third-order valence-electron chi connectivity index (χ3n) is 3.00. The van der Waals surface area contributed by atoms with Crippen LogP contribution in [0.25, 0.3) is 0 Å². The number of aryl methyl sites for hydroxylation is 1. The third-order valence-corrected chi connectivity index (χ3v) is 3.00. The van der Waals surface area contributed by atoms with Crippen LogP contribution in [0.1, 0.15) is 25.0 Å². The van der Waals surface area contributed by atoms with Gasteiger partial charge in [0.15, 0.2) is 0 Å². The molecule has 0 radical (unpaired) electrons. The summed E-state index contributed by atoms with van der Waals surface area (Å²) in [4.78, 5) is 0. The molecule has 3 heteroatoms. The van der Waals surface area contributed by atoms with Crippen LogP contribution >= 0.6 is 0 Å². The first-order valence-electron chi connectivity index (χ1n) is 5.79. The first-order chi connectivity index (χ1) is 7.36. The van der Waals surface area contributed by atoms with E-state index in [-0.39, 0.29) is 0 Å². The molecule has 0 aliphatic carbocycles. The van der Waals surface area contributed by atoms with Crippen molar-refractivity contribution < 1.29 is 4.74 Å². The zero-order valence-corrected chi connectivity index (χ0v) is 9.41. The molecule has 0 aromatic carbocycles. The van der Waals surface area contributed by atoms with Crippen molar-refractivity contribution in [3.63, 3.8) is 0 Å². The number of aromatic nitrogens is 1. The Morgan fingerprint density at radius 2 is 2.47 bits per heavy atom. The molecule has 1 aliphatic rings. The lowest BCUT2D eigenvalue weighted by Crippen LogP contribution is -2.31. The van der Waals surface area contributed by atoms with Crippen molar-refractivity contribution >= 4 is 0 Å². The topological polar surface area (TPSA) is 26.2 Å². The van der Waals surface area contributed by atoms with Gasteiger partial charge in [-0.25, -0.2) is 0 Å². The van der Waals surface area contributed by atoms with Crippen molar-refractivity contribution in [1.29, 1.82) is 0 Å². The highest BCUT2D eigenvalue weighted by Gasteiger charge is 2.12. The zero-order valence-electron chi connectivity index (χ0n) is 9.41. The van der Waals surface area contributed by atoms with Crippen molar-refractivity contribution in [3.05, 3.63) is 24.0 Å². The minimum Gasteiger partial charge on any atom is -0.377 e. The molecule has 0 saturated carbocycles. The van der Waals surface area contributed by atoms with E-state index in [2.05, 4.69) is 35.3 Å². The first kappa shape index (κ1) is 10.7. The quantitative estimate of drug-likeness (QED) is 0.815. The molecule has 2 heterocycles. The summed E-state index contributed by atoms with van der Waals surface area (Å²) in [5, 5.41) is 3.45. The Hall–Kier alpha value is -0.800. The molecule has 1 N–H and O–H groups in total. The second-order valence-corrected chi connectivity index (χ2v) is 4.23. The molecule has 1 fully saturated rings. The summed E-state index contributed by atoms with van der Waals surface area (Å²) in [5.41, 5.74) is 1.32. The fraction of sp³-hybridized carbons (Fsp3) is 0.667. The van der Waals surface area contributed by atoms with Crippen LogP contribution in [0.15, 0.2) is 18.3 Å². The fourth-order valence-corrected chi connectivity index (χ4v) is 2.01. The zero-order chi connectivity index (χ0) is 10.5. The number of hydrogen-bond donors (Lipinski definition) is 1. The highest BCUT2D eigenvalue weighted by atomic mass is 16.5. The van der Waals surface area contributed by atoms with E-state index in [0.717, 1.165) is 19.7 Å². The maximum absolute atomic E-state index is 5.66. The van der Waals surface area contributed by atoms with Crippen molar-refractivity contribution in [2.45, 2.75) is 31.9 Å². The Labute approximate surface area is 91.4 Å². The highest BCUT2D eigenvalue weighted by molar-refractivity contribution is 5.05. The van der Waals surface area contributed by atoms with Crippen molar-refractivity contribution in [2.75, 3.05) is 13.2 Å². The van der Waals surface area contributed by atoms with E-state index in [1.165, 1.54) is 25.0 Å². The van der Waals surface area contributed by atoms with Gasteiger partial charge < -0.3 is 14.6 Å². The van der Waals surface area contributed by atoms with Crippen LogP contribution in [-0.4, -0.2) is 23.8 Å². The molecule has 1 unspecified atom stereocenters. The molecule has 1 aromatic rings. The molecule has 1 aliphatic heterocycles. The molecule has 1 aromatic heterocycles. The minimum absolute atomic E-state index is 0.430. The molecule has 0 amide bonds. The molecule has 2 rings (SSSR count). The van der Waals surface area contributed by atoms with Gasteiger partial charge in [0.2, 0.25) is 0 Å². The van der Waals surface area contributed by atoms with Crippen LogP contribution in [0.2, 0.25) is 0 Å². The highest BCUT2D eigenvalue weighted by Crippen LogP contribution is 2.11. The third kappa shape index (κ3) is 3.08. The van der Waals surface area contributed by atoms with E-state index in [9.17, 15) is 0 Å². The van der Waals surface area contributed by atoms with Gasteiger partial charge in [-0.05, 0) is 31.4 Å². The first-order valence-corrected chi connectivity index (χ1v) is 5.79. The maximum Gasteiger partial charge on any atom is 0.0699 e. The van der Waals surface area contributed by atoms with E-state index in [0.29, 0.717) is 6.10 Å². The summed E-state index contributed by atoms with van der Waals surface area (Å²) in [7, 11) is 2.08. The molecular weight excluding hydrogens is 188 g/mol. The summed E-state index contributed by atoms with van der Waals surface area (Å²) >= 11 is 0. The number of ether oxygens (including phenoxy) is 1. The van der Waals surface area contributed by atoms with Gasteiger partial charge in [0.25, 0.3) is 0 Å². The van der Waals surface area contributed by atoms with Crippen LogP contribution in [0.3, 0.4) is 0 Å². The van der Waals surface area contributed by atoms with E-state index in [1.54, 1.807) is 0 Å². The predicted molar refractivity (Wildman–Crippen MR) is 60.7 cm³/mol. The Morgan fingerprint density at radius 1 is 1.53 bits per heavy atom. The smallest absolute Gasteiger partial charge is 0.0699 e. The van der Waals surface area contributed by atoms with Gasteiger partial charge in [-0.1, -0.05) is 0 Å². The van der Waals surface area contributed by atoms with Gasteiger partial charge in [0, 0.05) is 38.6 Å². The lowest BCUT2D eigenvalue weighted by atomic mass is 10.1. The number of nitrogens with one attached hydrogen (secondary N) is 1. The summed E-state index contributed by atoms with van der Waals surface area (Å²) < 4.78 is 7.81. The molecule has 0 spiro atoms. The lowest BCUT2D eigenvalue weighted by molar-refractivity contribution is 0.0167. The SMILES string of the molecule is Cn1cccc1CNCC1CCCCO1. The van der Waals surface area contributed by atoms with Gasteiger partial charge in [-0.3, -0.25) is 0 Å². The number of rotatable bonds is 4. The Morgan fingerprint density at radius 3 is 3.13 bits per heavy atom. The summed E-state index contributed by atoms with van der Waals surface area (Å²) in [6.07, 6.45) is 6.26. The van der Waals surface area contributed by atoms with E-state index in [1.807, 2.05) is 0 Å². The van der Waals surface area contributed by atoms with Crippen molar-refractivity contribution in [3.8, 4) is 0 Å². The molecule has 15 heavy (non-hydrogen) atoms. The Kier molecular flexibility index (Phi) is 3.80. The van der Waals surface area contributed by atoms with Gasteiger partial charge >= 0.3 is 0 Å². The number of nitrogens with zero attached hydrogens (tertiary/aromatic N) is 1. The van der Waals surface area contributed by atoms with Crippen LogP contribution in [0.4, 0.5) is 0 Å². The maximum atomic E-state index is 5.66. The van der Waals surface area contributed by atoms with Crippen LogP contribution < -0.4 is 5.32 Å². The average molecular weight is 208 g/mol. The predicted octanol–water partition coefficient (Wildman–Crippen LogP) is 1.68. The molecule has 0 bridgehead atoms. The van der Waals surface area contributed by atoms with Crippen molar-refractivity contribution in [2.24, 2.45) is 7.05 Å². The molecular formula is C12H20N2O. The minimum atomic E-state index is 0.430. The van der Waals surface area contributed by atoms with Gasteiger partial charge in [0.05, 0.1) is 6.10 Å². The Balaban J connectivity index is 1.68. The fourth-order valence-electron chi connectivity index (χ4n) is 2.01. The summed E-state index contributed by atoms with van der Waals surface area (Å²) in [6.45, 7) is 2.85. The molecule has 1 atom stereocenters. The largest absolute Gasteiger partial charge is 0.377 e. The lowest BCUT2D eigenvalue weighted by Gasteiger charge is -2.22. The summed E-state index contributed by atoms with van der Waals surface area (Å²) in [6, 6.07) is 4.23. The summed E-state index contributed by atoms with van der Waals surface area (Å²) in [5.74, 6) is 0.